The van der Waals surface area contributed by atoms with Crippen LogP contribution in [0.4, 0.5) is 4.39 Å². The van der Waals surface area contributed by atoms with E-state index in [2.05, 4.69) is 5.32 Å². The van der Waals surface area contributed by atoms with Crippen LogP contribution in [-0.4, -0.2) is 18.2 Å². The highest BCUT2D eigenvalue weighted by Gasteiger charge is 1.90. The minimum Gasteiger partial charge on any atom is -0.377 e. The number of hydrogen-bond acceptors (Lipinski definition) is 1. The first-order valence-electron chi connectivity index (χ1n) is 3.14. The monoisotopic (exact) mass is 149 g/mol. The largest absolute Gasteiger partial charge is 0.377 e. The molecule has 0 fully saturated rings. The zero-order valence-electron chi connectivity index (χ0n) is 5.61. The first-order valence-corrected chi connectivity index (χ1v) is 3.54. The van der Waals surface area contributed by atoms with E-state index >= 15 is 0 Å². The standard InChI is InChI=1S/C6H12FNS/c1-2-3-6(9)8-5-4-7/h2-5H2,1H3,(H,8,9). The Balaban J connectivity index is 3.06. The first kappa shape index (κ1) is 8.82. The highest BCUT2D eigenvalue weighted by molar-refractivity contribution is 7.80. The van der Waals surface area contributed by atoms with Crippen molar-refractivity contribution in [3.8, 4) is 0 Å². The lowest BCUT2D eigenvalue weighted by Crippen LogP contribution is -2.23. The highest BCUT2D eigenvalue weighted by Crippen LogP contribution is 1.87. The van der Waals surface area contributed by atoms with Gasteiger partial charge in [0.2, 0.25) is 0 Å². The fourth-order valence-corrected chi connectivity index (χ4v) is 0.808. The number of nitrogens with one attached hydrogen (secondary N) is 1. The molecule has 0 aliphatic carbocycles. The summed E-state index contributed by atoms with van der Waals surface area (Å²) in [6.07, 6.45) is 1.90. The molecule has 0 atom stereocenters. The zero-order chi connectivity index (χ0) is 7.11. The van der Waals surface area contributed by atoms with E-state index in [1.165, 1.54) is 0 Å². The second-order valence-corrected chi connectivity index (χ2v) is 2.28. The Bertz CT molecular complexity index is 85.1. The molecule has 0 aromatic heterocycles. The molecule has 0 amide bonds. The Labute approximate surface area is 60.6 Å². The Morgan fingerprint density at radius 2 is 2.33 bits per heavy atom. The Kier molecular flexibility index (Phi) is 5.83. The molecule has 0 radical (unpaired) electrons. The summed E-state index contributed by atoms with van der Waals surface area (Å²) in [5.74, 6) is 0. The maximum absolute atomic E-state index is 11.5. The van der Waals surface area contributed by atoms with Gasteiger partial charge >= 0.3 is 0 Å². The molecule has 0 aliphatic heterocycles. The van der Waals surface area contributed by atoms with Crippen molar-refractivity contribution in [1.82, 2.24) is 5.32 Å². The molecule has 0 heterocycles. The van der Waals surface area contributed by atoms with Gasteiger partial charge in [-0.05, 0) is 12.8 Å². The normalized spacial score (nSPS) is 9.11. The van der Waals surface area contributed by atoms with Crippen LogP contribution in [0.3, 0.4) is 0 Å². The van der Waals surface area contributed by atoms with Gasteiger partial charge in [0.15, 0.2) is 0 Å². The molecular formula is C6H12FNS. The summed E-state index contributed by atoms with van der Waals surface area (Å²) in [5.41, 5.74) is 0. The van der Waals surface area contributed by atoms with Crippen molar-refractivity contribution < 1.29 is 4.39 Å². The Hall–Kier alpha value is -0.180. The Morgan fingerprint density at radius 1 is 1.67 bits per heavy atom. The van der Waals surface area contributed by atoms with Gasteiger partial charge in [0.25, 0.3) is 0 Å². The predicted molar refractivity (Wildman–Crippen MR) is 41.5 cm³/mol. The maximum Gasteiger partial charge on any atom is 0.107 e. The molecule has 0 saturated heterocycles. The third kappa shape index (κ3) is 5.69. The van der Waals surface area contributed by atoms with E-state index < -0.39 is 0 Å². The second kappa shape index (κ2) is 5.95. The van der Waals surface area contributed by atoms with E-state index in [0.29, 0.717) is 6.54 Å². The van der Waals surface area contributed by atoms with Crippen LogP contribution in [0.1, 0.15) is 19.8 Å². The number of rotatable bonds is 4. The molecule has 1 nitrogen and oxygen atoms in total. The molecule has 3 heteroatoms. The van der Waals surface area contributed by atoms with E-state index in [9.17, 15) is 4.39 Å². The van der Waals surface area contributed by atoms with Gasteiger partial charge in [-0.2, -0.15) is 0 Å². The average molecular weight is 149 g/mol. The molecule has 0 aliphatic rings. The smallest absolute Gasteiger partial charge is 0.107 e. The topological polar surface area (TPSA) is 12.0 Å². The van der Waals surface area contributed by atoms with Gasteiger partial charge in [-0.3, -0.25) is 0 Å². The minimum absolute atomic E-state index is 0.343. The van der Waals surface area contributed by atoms with Crippen LogP contribution in [0.2, 0.25) is 0 Å². The molecule has 0 rings (SSSR count). The quantitative estimate of drug-likeness (QED) is 0.610. The van der Waals surface area contributed by atoms with Crippen molar-refractivity contribution >= 4 is 17.2 Å². The lowest BCUT2D eigenvalue weighted by atomic mass is 10.3. The number of halogens is 1. The van der Waals surface area contributed by atoms with Crippen molar-refractivity contribution in [1.29, 1.82) is 0 Å². The first-order chi connectivity index (χ1) is 4.31. The summed E-state index contributed by atoms with van der Waals surface area (Å²) >= 11 is 4.84. The summed E-state index contributed by atoms with van der Waals surface area (Å²) < 4.78 is 11.5. The molecule has 0 unspecified atom stereocenters. The van der Waals surface area contributed by atoms with Crippen molar-refractivity contribution in [2.75, 3.05) is 13.2 Å². The molecule has 0 aromatic rings. The summed E-state index contributed by atoms with van der Waals surface area (Å²) in [6.45, 7) is 2.06. The summed E-state index contributed by atoms with van der Waals surface area (Å²) in [4.78, 5) is 0.773. The lowest BCUT2D eigenvalue weighted by molar-refractivity contribution is 0.491. The zero-order valence-corrected chi connectivity index (χ0v) is 6.43. The van der Waals surface area contributed by atoms with Crippen LogP contribution >= 0.6 is 12.2 Å². The molecule has 9 heavy (non-hydrogen) atoms. The van der Waals surface area contributed by atoms with Gasteiger partial charge in [0.1, 0.15) is 6.67 Å². The summed E-state index contributed by atoms with van der Waals surface area (Å²) in [5, 5.41) is 2.79. The van der Waals surface area contributed by atoms with Gasteiger partial charge in [-0.15, -0.1) is 0 Å². The van der Waals surface area contributed by atoms with Crippen molar-refractivity contribution in [2.24, 2.45) is 0 Å². The molecule has 0 bridgehead atoms. The van der Waals surface area contributed by atoms with E-state index in [4.69, 9.17) is 12.2 Å². The third-order valence-electron chi connectivity index (χ3n) is 0.894. The SMILES string of the molecule is CCCC(=S)NCCF. The van der Waals surface area contributed by atoms with Gasteiger partial charge in [0, 0.05) is 6.54 Å². The van der Waals surface area contributed by atoms with Crippen LogP contribution in [0, 0.1) is 0 Å². The highest BCUT2D eigenvalue weighted by atomic mass is 32.1. The molecule has 0 saturated carbocycles. The van der Waals surface area contributed by atoms with Crippen molar-refractivity contribution in [3.05, 3.63) is 0 Å². The fraction of sp³-hybridized carbons (Fsp3) is 0.833. The predicted octanol–water partition coefficient (Wildman–Crippen LogP) is 1.67. The number of alkyl halides is 1. The molecule has 0 spiro atoms. The van der Waals surface area contributed by atoms with Crippen LogP contribution < -0.4 is 5.32 Å². The van der Waals surface area contributed by atoms with Gasteiger partial charge < -0.3 is 5.32 Å². The molecule has 0 aromatic carbocycles. The Morgan fingerprint density at radius 3 is 2.78 bits per heavy atom. The van der Waals surface area contributed by atoms with Crippen LogP contribution in [0.15, 0.2) is 0 Å². The number of hydrogen-bond donors (Lipinski definition) is 1. The van der Waals surface area contributed by atoms with Crippen LogP contribution in [0.25, 0.3) is 0 Å². The van der Waals surface area contributed by atoms with Crippen LogP contribution in [0.5, 0.6) is 0 Å². The van der Waals surface area contributed by atoms with E-state index in [0.717, 1.165) is 17.8 Å². The molecule has 1 N–H and O–H groups in total. The van der Waals surface area contributed by atoms with E-state index in [1.54, 1.807) is 0 Å². The molecular weight excluding hydrogens is 137 g/mol. The summed E-state index contributed by atoms with van der Waals surface area (Å²) in [7, 11) is 0. The molecule has 54 valence electrons. The van der Waals surface area contributed by atoms with Crippen molar-refractivity contribution in [3.63, 3.8) is 0 Å². The van der Waals surface area contributed by atoms with E-state index in [-0.39, 0.29) is 6.67 Å². The number of thiocarbonyl (C=S) groups is 1. The van der Waals surface area contributed by atoms with Crippen molar-refractivity contribution in [2.45, 2.75) is 19.8 Å². The van der Waals surface area contributed by atoms with Gasteiger partial charge in [0.05, 0.1) is 4.99 Å². The fourth-order valence-electron chi connectivity index (χ4n) is 0.502. The van der Waals surface area contributed by atoms with E-state index in [1.807, 2.05) is 6.92 Å². The lowest BCUT2D eigenvalue weighted by Gasteiger charge is -2.01. The van der Waals surface area contributed by atoms with Gasteiger partial charge in [-0.25, -0.2) is 4.39 Å². The van der Waals surface area contributed by atoms with Gasteiger partial charge in [-0.1, -0.05) is 19.1 Å². The second-order valence-electron chi connectivity index (χ2n) is 1.79. The minimum atomic E-state index is -0.343. The summed E-state index contributed by atoms with van der Waals surface area (Å²) in [6, 6.07) is 0. The third-order valence-corrected chi connectivity index (χ3v) is 1.24. The maximum atomic E-state index is 11.5. The van der Waals surface area contributed by atoms with Crippen LogP contribution in [-0.2, 0) is 0 Å². The average Bonchev–Trinajstić information content (AvgIpc) is 1.85.